The number of hydrogen-bond acceptors (Lipinski definition) is 3. The molecule has 0 spiro atoms. The van der Waals surface area contributed by atoms with Gasteiger partial charge in [0.05, 0.1) is 0 Å². The molecule has 0 fully saturated rings. The molecule has 0 aliphatic carbocycles. The number of rotatable bonds is 8. The van der Waals surface area contributed by atoms with E-state index in [4.69, 9.17) is 0 Å². The number of allylic oxidation sites excluding steroid dienone is 2. The average Bonchev–Trinajstić information content (AvgIpc) is 2.57. The van der Waals surface area contributed by atoms with Crippen LogP contribution in [0.2, 0.25) is 0 Å². The van der Waals surface area contributed by atoms with Crippen molar-refractivity contribution in [1.29, 1.82) is 0 Å². The van der Waals surface area contributed by atoms with E-state index < -0.39 is 35.4 Å². The minimum atomic E-state index is -6.60. The van der Waals surface area contributed by atoms with Crippen molar-refractivity contribution < 1.29 is 40.3 Å². The van der Waals surface area contributed by atoms with Crippen LogP contribution in [0.4, 0.5) is 30.7 Å². The maximum Gasteiger partial charge on any atom is 0.460 e. The highest BCUT2D eigenvalue weighted by Crippen LogP contribution is 2.47. The maximum atomic E-state index is 13.2. The molecule has 0 saturated carbocycles. The van der Waals surface area contributed by atoms with Gasteiger partial charge in [0.15, 0.2) is 0 Å². The number of carbonyl (C=O) groups is 2. The highest BCUT2D eigenvalue weighted by atomic mass is 19.4. The zero-order valence-corrected chi connectivity index (χ0v) is 13.8. The third-order valence-corrected chi connectivity index (χ3v) is 3.29. The summed E-state index contributed by atoms with van der Waals surface area (Å²) in [5.41, 5.74) is 4.29. The van der Waals surface area contributed by atoms with Crippen LogP contribution in [0.25, 0.3) is 0 Å². The number of hydrazine groups is 1. The highest BCUT2D eigenvalue weighted by molar-refractivity contribution is 5.97. The topological polar surface area (TPSA) is 58.2 Å². The molecule has 0 bridgehead atoms. The van der Waals surface area contributed by atoms with Crippen molar-refractivity contribution in [2.75, 3.05) is 0 Å². The second-order valence-corrected chi connectivity index (χ2v) is 5.50. The van der Waals surface area contributed by atoms with Gasteiger partial charge in [0.1, 0.15) is 0 Å². The summed E-state index contributed by atoms with van der Waals surface area (Å²) in [7, 11) is 0. The van der Waals surface area contributed by atoms with Crippen molar-refractivity contribution in [1.82, 2.24) is 10.9 Å². The third kappa shape index (κ3) is 5.69. The SMILES string of the molecule is C/C(=C\C(=O)C(F)(F)C(F)(F)C(F)(F)F)NNC(=O)CCc1ccccc1. The summed E-state index contributed by atoms with van der Waals surface area (Å²) in [6.07, 6.45) is -6.43. The molecule has 4 nitrogen and oxygen atoms in total. The molecule has 0 aromatic heterocycles. The fourth-order valence-electron chi connectivity index (χ4n) is 1.79. The van der Waals surface area contributed by atoms with Crippen LogP contribution in [0.1, 0.15) is 18.9 Å². The lowest BCUT2D eigenvalue weighted by Crippen LogP contribution is -2.55. The Morgan fingerprint density at radius 1 is 0.963 bits per heavy atom. The van der Waals surface area contributed by atoms with Gasteiger partial charge in [-0.15, -0.1) is 0 Å². The van der Waals surface area contributed by atoms with E-state index in [1.54, 1.807) is 30.3 Å². The molecule has 0 unspecified atom stereocenters. The lowest BCUT2D eigenvalue weighted by atomic mass is 10.1. The lowest BCUT2D eigenvalue weighted by Gasteiger charge is -2.26. The Labute approximate surface area is 149 Å². The van der Waals surface area contributed by atoms with E-state index >= 15 is 0 Å². The average molecular weight is 400 g/mol. The zero-order chi connectivity index (χ0) is 20.9. The number of carbonyl (C=O) groups excluding carboxylic acids is 2. The molecule has 1 rings (SSSR count). The van der Waals surface area contributed by atoms with Crippen LogP contribution in [-0.2, 0) is 16.0 Å². The molecule has 27 heavy (non-hydrogen) atoms. The molecule has 0 aliphatic rings. The van der Waals surface area contributed by atoms with Crippen LogP contribution in [0.15, 0.2) is 42.1 Å². The largest absolute Gasteiger partial charge is 0.460 e. The molecule has 0 aliphatic heterocycles. The van der Waals surface area contributed by atoms with Crippen molar-refractivity contribution in [3.8, 4) is 0 Å². The standard InChI is InChI=1S/C16H15F7N2O2/c1-10(9-12(26)14(17,18)15(19,20)16(21,22)23)24-25-13(27)8-7-11-5-3-2-4-6-11/h2-6,9,24H,7-8H2,1H3,(H,25,27)/b10-9+. The minimum absolute atomic E-state index is 0.0272. The van der Waals surface area contributed by atoms with Gasteiger partial charge in [-0.2, -0.15) is 30.7 Å². The quantitative estimate of drug-likeness (QED) is 0.399. The van der Waals surface area contributed by atoms with Gasteiger partial charge in [0.2, 0.25) is 11.7 Å². The van der Waals surface area contributed by atoms with E-state index in [1.165, 1.54) is 0 Å². The van der Waals surface area contributed by atoms with Crippen LogP contribution in [0.5, 0.6) is 0 Å². The number of aryl methyl sites for hydroxylation is 1. The Morgan fingerprint density at radius 3 is 2.04 bits per heavy atom. The molecule has 11 heteroatoms. The first-order chi connectivity index (χ1) is 12.3. The van der Waals surface area contributed by atoms with Crippen molar-refractivity contribution in [3.63, 3.8) is 0 Å². The second kappa shape index (κ2) is 8.40. The molecule has 0 atom stereocenters. The number of ketones is 1. The van der Waals surface area contributed by atoms with Gasteiger partial charge in [-0.25, -0.2) is 0 Å². The van der Waals surface area contributed by atoms with Crippen molar-refractivity contribution in [2.45, 2.75) is 37.8 Å². The molecular formula is C16H15F7N2O2. The Hall–Kier alpha value is -2.59. The Morgan fingerprint density at radius 2 is 1.52 bits per heavy atom. The van der Waals surface area contributed by atoms with E-state index in [0.29, 0.717) is 6.42 Å². The van der Waals surface area contributed by atoms with E-state index in [0.717, 1.165) is 12.5 Å². The van der Waals surface area contributed by atoms with Gasteiger partial charge in [0.25, 0.3) is 0 Å². The number of benzene rings is 1. The van der Waals surface area contributed by atoms with Crippen molar-refractivity contribution in [3.05, 3.63) is 47.7 Å². The molecular weight excluding hydrogens is 385 g/mol. The van der Waals surface area contributed by atoms with Crippen LogP contribution < -0.4 is 10.9 Å². The normalized spacial score (nSPS) is 13.3. The molecule has 150 valence electrons. The van der Waals surface area contributed by atoms with Crippen molar-refractivity contribution in [2.24, 2.45) is 0 Å². The van der Waals surface area contributed by atoms with Gasteiger partial charge < -0.3 is 5.43 Å². The molecule has 0 saturated heterocycles. The molecule has 1 aromatic rings. The van der Waals surface area contributed by atoms with Crippen LogP contribution >= 0.6 is 0 Å². The first kappa shape index (κ1) is 22.5. The molecule has 0 heterocycles. The molecule has 2 N–H and O–H groups in total. The number of halogens is 7. The number of alkyl halides is 7. The predicted molar refractivity (Wildman–Crippen MR) is 80.8 cm³/mol. The number of hydrogen-bond donors (Lipinski definition) is 2. The van der Waals surface area contributed by atoms with Crippen LogP contribution in [-0.4, -0.2) is 29.7 Å². The number of nitrogens with one attached hydrogen (secondary N) is 2. The van der Waals surface area contributed by atoms with E-state index in [9.17, 15) is 40.3 Å². The molecule has 1 aromatic carbocycles. The minimum Gasteiger partial charge on any atom is -0.303 e. The summed E-state index contributed by atoms with van der Waals surface area (Å²) in [5.74, 6) is -15.9. The smallest absolute Gasteiger partial charge is 0.303 e. The first-order valence-electron chi connectivity index (χ1n) is 7.43. The fraction of sp³-hybridized carbons (Fsp3) is 0.375. The van der Waals surface area contributed by atoms with Gasteiger partial charge in [-0.3, -0.25) is 15.0 Å². The van der Waals surface area contributed by atoms with E-state index in [2.05, 4.69) is 0 Å². The summed E-state index contributed by atoms with van der Waals surface area (Å²) < 4.78 is 88.0. The van der Waals surface area contributed by atoms with E-state index in [1.807, 2.05) is 10.9 Å². The maximum absolute atomic E-state index is 13.2. The molecule has 0 radical (unpaired) electrons. The highest BCUT2D eigenvalue weighted by Gasteiger charge is 2.75. The van der Waals surface area contributed by atoms with Crippen LogP contribution in [0, 0.1) is 0 Å². The van der Waals surface area contributed by atoms with Gasteiger partial charge in [0, 0.05) is 18.2 Å². The summed E-state index contributed by atoms with van der Waals surface area (Å²) in [4.78, 5) is 22.8. The predicted octanol–water partition coefficient (Wildman–Crippen LogP) is 3.55. The summed E-state index contributed by atoms with van der Waals surface area (Å²) in [6, 6.07) is 8.79. The Kier molecular flexibility index (Phi) is 6.99. The lowest BCUT2D eigenvalue weighted by molar-refractivity contribution is -0.342. The van der Waals surface area contributed by atoms with Crippen molar-refractivity contribution >= 4 is 11.7 Å². The second-order valence-electron chi connectivity index (χ2n) is 5.50. The summed E-state index contributed by atoms with van der Waals surface area (Å²) in [6.45, 7) is 0.928. The summed E-state index contributed by atoms with van der Waals surface area (Å²) >= 11 is 0. The van der Waals surface area contributed by atoms with Gasteiger partial charge in [-0.1, -0.05) is 30.3 Å². The molecule has 1 amide bonds. The van der Waals surface area contributed by atoms with E-state index in [-0.39, 0.29) is 12.5 Å². The van der Waals surface area contributed by atoms with Crippen LogP contribution in [0.3, 0.4) is 0 Å². The summed E-state index contributed by atoms with van der Waals surface area (Å²) in [5, 5.41) is 0. The first-order valence-corrected chi connectivity index (χ1v) is 7.43. The van der Waals surface area contributed by atoms with Gasteiger partial charge in [-0.05, 0) is 18.9 Å². The fourth-order valence-corrected chi connectivity index (χ4v) is 1.79. The Bertz CT molecular complexity index is 700. The zero-order valence-electron chi connectivity index (χ0n) is 13.8. The third-order valence-electron chi connectivity index (χ3n) is 3.29. The Balaban J connectivity index is 2.62. The monoisotopic (exact) mass is 400 g/mol. The van der Waals surface area contributed by atoms with Gasteiger partial charge >= 0.3 is 18.0 Å². The number of amides is 1.